The molecule has 6 aliphatic carbocycles. The first-order valence-electron chi connectivity index (χ1n) is 16.6. The lowest BCUT2D eigenvalue weighted by molar-refractivity contribution is -0.245. The molecular weight excluding hydrogens is 500 g/mol. The second-order valence-electron chi connectivity index (χ2n) is 17.0. The van der Waals surface area contributed by atoms with Crippen molar-refractivity contribution in [3.05, 3.63) is 11.6 Å². The number of carbonyl (C=O) groups excluding carboxylic acids is 1. The number of carbonyl (C=O) groups is 1. The highest BCUT2D eigenvalue weighted by atomic mass is 16.3. The van der Waals surface area contributed by atoms with E-state index in [-0.39, 0.29) is 58.4 Å². The number of hydrogen-bond donors (Lipinski definition) is 4. The van der Waals surface area contributed by atoms with Gasteiger partial charge in [0.1, 0.15) is 0 Å². The van der Waals surface area contributed by atoms with Crippen LogP contribution in [0.15, 0.2) is 11.6 Å². The summed E-state index contributed by atoms with van der Waals surface area (Å²) in [6, 6.07) is 0. The Kier molecular flexibility index (Phi) is 6.87. The van der Waals surface area contributed by atoms with Crippen LogP contribution in [-0.2, 0) is 4.79 Å². The average molecular weight is 557 g/mol. The Morgan fingerprint density at radius 3 is 2.15 bits per heavy atom. The fourth-order valence-electron chi connectivity index (χ4n) is 12.5. The molecule has 0 aromatic heterocycles. The third-order valence-corrected chi connectivity index (χ3v) is 15.0. The Balaban J connectivity index is 1.54. The van der Waals surface area contributed by atoms with Crippen molar-refractivity contribution in [1.29, 1.82) is 0 Å². The quantitative estimate of drug-likeness (QED) is 0.351. The topological polar surface area (TPSA) is 98.0 Å². The summed E-state index contributed by atoms with van der Waals surface area (Å²) >= 11 is 0. The molecule has 0 spiro atoms. The molecule has 10 atom stereocenters. The first-order valence-corrected chi connectivity index (χ1v) is 16.6. The Bertz CT molecular complexity index is 1060. The predicted molar refractivity (Wildman–Crippen MR) is 156 cm³/mol. The second-order valence-corrected chi connectivity index (χ2v) is 17.0. The van der Waals surface area contributed by atoms with Gasteiger partial charge in [0.05, 0.1) is 25.4 Å². The first-order chi connectivity index (χ1) is 18.8. The summed E-state index contributed by atoms with van der Waals surface area (Å²) in [5, 5.41) is 44.9. The molecule has 10 unspecified atom stereocenters. The summed E-state index contributed by atoms with van der Waals surface area (Å²) in [6.07, 6.45) is 13.3. The van der Waals surface area contributed by atoms with E-state index in [2.05, 4.69) is 34.6 Å². The fraction of sp³-hybridized carbons (Fsp3) is 0.914. The number of rotatable bonds is 3. The summed E-state index contributed by atoms with van der Waals surface area (Å²) in [7, 11) is 0. The van der Waals surface area contributed by atoms with E-state index in [0.29, 0.717) is 18.8 Å². The van der Waals surface area contributed by atoms with Gasteiger partial charge in [0.15, 0.2) is 5.78 Å². The van der Waals surface area contributed by atoms with Crippen molar-refractivity contribution in [3.8, 4) is 0 Å². The SMILES string of the molecule is CC1(C)CCC2(CO)C(O)CC3(C)C(=CC(=O)C4C5(C6CCCCC6)CCC(O)C(C)(CO)C5CCC43C)C2C1. The standard InChI is InChI=1S/C35H56O5/c1-30(2)15-16-34(21-37)24(18-30)23-17-25(38)29-32(4,33(23,5)19-28(34)40)13-11-26-31(3,20-36)27(39)12-14-35(26,29)22-9-7-6-8-10-22/h17,22,24,26-29,36-37,39-40H,6-16,18-21H2,1-5H3. The monoisotopic (exact) mass is 556 g/mol. The Hall–Kier alpha value is -0.750. The van der Waals surface area contributed by atoms with Crippen molar-refractivity contribution in [2.75, 3.05) is 13.2 Å². The summed E-state index contributed by atoms with van der Waals surface area (Å²) in [5.41, 5.74) is -0.742. The number of allylic oxidation sites excluding steroid dienone is 2. The van der Waals surface area contributed by atoms with Gasteiger partial charge in [0, 0.05) is 16.7 Å². The van der Waals surface area contributed by atoms with E-state index in [0.717, 1.165) is 51.4 Å². The molecule has 40 heavy (non-hydrogen) atoms. The molecule has 5 fully saturated rings. The molecule has 0 bridgehead atoms. The molecular formula is C35H56O5. The van der Waals surface area contributed by atoms with Crippen LogP contribution >= 0.6 is 0 Å². The molecule has 0 radical (unpaired) electrons. The third kappa shape index (κ3) is 3.56. The average Bonchev–Trinajstić information content (AvgIpc) is 2.92. The summed E-state index contributed by atoms with van der Waals surface area (Å²) < 4.78 is 0. The molecule has 6 aliphatic rings. The van der Waals surface area contributed by atoms with Crippen LogP contribution in [0, 0.1) is 56.2 Å². The lowest BCUT2D eigenvalue weighted by atomic mass is 9.31. The highest BCUT2D eigenvalue weighted by molar-refractivity contribution is 5.95. The van der Waals surface area contributed by atoms with Crippen molar-refractivity contribution < 1.29 is 25.2 Å². The molecule has 5 heteroatoms. The smallest absolute Gasteiger partial charge is 0.159 e. The third-order valence-electron chi connectivity index (χ3n) is 15.0. The van der Waals surface area contributed by atoms with E-state index in [9.17, 15) is 25.2 Å². The normalized spacial score (nSPS) is 52.6. The van der Waals surface area contributed by atoms with Gasteiger partial charge in [-0.05, 0) is 110 Å². The van der Waals surface area contributed by atoms with Crippen molar-refractivity contribution >= 4 is 5.78 Å². The Morgan fingerprint density at radius 2 is 1.50 bits per heavy atom. The van der Waals surface area contributed by atoms with Gasteiger partial charge in [-0.3, -0.25) is 4.79 Å². The van der Waals surface area contributed by atoms with E-state index in [1.807, 2.05) is 6.08 Å². The largest absolute Gasteiger partial charge is 0.396 e. The van der Waals surface area contributed by atoms with Crippen LogP contribution in [0.3, 0.4) is 0 Å². The number of aliphatic hydroxyl groups is 4. The fourth-order valence-corrected chi connectivity index (χ4v) is 12.5. The van der Waals surface area contributed by atoms with Gasteiger partial charge in [-0.2, -0.15) is 0 Å². The van der Waals surface area contributed by atoms with Crippen molar-refractivity contribution in [2.45, 2.75) is 130 Å². The van der Waals surface area contributed by atoms with Crippen LogP contribution < -0.4 is 0 Å². The minimum Gasteiger partial charge on any atom is -0.396 e. The Labute approximate surface area is 242 Å². The first kappa shape index (κ1) is 29.3. The zero-order valence-corrected chi connectivity index (χ0v) is 25.8. The maximum absolute atomic E-state index is 14.9. The lowest BCUT2D eigenvalue weighted by Crippen LogP contribution is -2.71. The number of aliphatic hydroxyl groups excluding tert-OH is 4. The van der Waals surface area contributed by atoms with Crippen LogP contribution in [-0.4, -0.2) is 51.6 Å². The summed E-state index contributed by atoms with van der Waals surface area (Å²) in [4.78, 5) is 14.9. The number of fused-ring (bicyclic) bond motifs is 7. The van der Waals surface area contributed by atoms with Crippen LogP contribution in [0.4, 0.5) is 0 Å². The van der Waals surface area contributed by atoms with Crippen LogP contribution in [0.25, 0.3) is 0 Å². The molecule has 226 valence electrons. The Morgan fingerprint density at radius 1 is 0.800 bits per heavy atom. The second kappa shape index (κ2) is 9.37. The minimum atomic E-state index is -0.603. The van der Waals surface area contributed by atoms with E-state index >= 15 is 0 Å². The van der Waals surface area contributed by atoms with E-state index in [1.165, 1.54) is 24.8 Å². The van der Waals surface area contributed by atoms with Gasteiger partial charge in [-0.15, -0.1) is 0 Å². The van der Waals surface area contributed by atoms with Gasteiger partial charge < -0.3 is 20.4 Å². The molecule has 0 aliphatic heterocycles. The molecule has 0 amide bonds. The minimum absolute atomic E-state index is 0.0102. The van der Waals surface area contributed by atoms with Gasteiger partial charge in [0.25, 0.3) is 0 Å². The van der Waals surface area contributed by atoms with Gasteiger partial charge >= 0.3 is 0 Å². The van der Waals surface area contributed by atoms with Gasteiger partial charge in [0.2, 0.25) is 0 Å². The molecule has 4 N–H and O–H groups in total. The summed E-state index contributed by atoms with van der Waals surface area (Å²) in [6.45, 7) is 11.3. The van der Waals surface area contributed by atoms with E-state index < -0.39 is 23.0 Å². The van der Waals surface area contributed by atoms with Crippen LogP contribution in [0.2, 0.25) is 0 Å². The van der Waals surface area contributed by atoms with Crippen molar-refractivity contribution in [3.63, 3.8) is 0 Å². The van der Waals surface area contributed by atoms with Gasteiger partial charge in [-0.1, -0.05) is 59.5 Å². The number of hydrogen-bond acceptors (Lipinski definition) is 5. The van der Waals surface area contributed by atoms with Gasteiger partial charge in [-0.25, -0.2) is 0 Å². The van der Waals surface area contributed by atoms with Crippen molar-refractivity contribution in [1.82, 2.24) is 0 Å². The highest BCUT2D eigenvalue weighted by Crippen LogP contribution is 2.77. The molecule has 0 aromatic rings. The molecule has 0 heterocycles. The van der Waals surface area contributed by atoms with E-state index in [4.69, 9.17) is 0 Å². The van der Waals surface area contributed by atoms with Crippen LogP contribution in [0.1, 0.15) is 118 Å². The van der Waals surface area contributed by atoms with Crippen molar-refractivity contribution in [2.24, 2.45) is 56.2 Å². The van der Waals surface area contributed by atoms with Crippen LogP contribution in [0.5, 0.6) is 0 Å². The molecule has 0 aromatic carbocycles. The summed E-state index contributed by atoms with van der Waals surface area (Å²) in [5.74, 6) is 0.635. The maximum Gasteiger partial charge on any atom is 0.159 e. The zero-order valence-electron chi connectivity index (χ0n) is 25.8. The van der Waals surface area contributed by atoms with E-state index in [1.54, 1.807) is 0 Å². The molecule has 5 saturated carbocycles. The lowest BCUT2D eigenvalue weighted by Gasteiger charge is -2.73. The zero-order chi connectivity index (χ0) is 28.9. The molecule has 5 nitrogen and oxygen atoms in total. The predicted octanol–water partition coefficient (Wildman–Crippen LogP) is 5.82. The number of ketones is 1. The molecule has 6 rings (SSSR count). The maximum atomic E-state index is 14.9. The molecule has 0 saturated heterocycles. The highest BCUT2D eigenvalue weighted by Gasteiger charge is 2.74.